The zero-order valence-electron chi connectivity index (χ0n) is 15.4. The molecule has 0 saturated carbocycles. The SMILES string of the molecule is O=C([C@@H]1CCCO1)N1CCN(Cc2ccccc2Oc2cccnc2)CC1. The van der Waals surface area contributed by atoms with Crippen LogP contribution in [0.15, 0.2) is 48.8 Å². The second kappa shape index (κ2) is 8.50. The van der Waals surface area contributed by atoms with E-state index in [-0.39, 0.29) is 12.0 Å². The Morgan fingerprint density at radius 1 is 1.15 bits per heavy atom. The Hall–Kier alpha value is -2.44. The lowest BCUT2D eigenvalue weighted by Gasteiger charge is -2.35. The van der Waals surface area contributed by atoms with Crippen LogP contribution >= 0.6 is 0 Å². The monoisotopic (exact) mass is 367 g/mol. The van der Waals surface area contributed by atoms with Crippen LogP contribution in [0.2, 0.25) is 0 Å². The van der Waals surface area contributed by atoms with Crippen LogP contribution in [-0.4, -0.2) is 59.6 Å². The highest BCUT2D eigenvalue weighted by molar-refractivity contribution is 5.81. The molecule has 1 amide bonds. The van der Waals surface area contributed by atoms with Gasteiger partial charge in [0.1, 0.15) is 17.6 Å². The van der Waals surface area contributed by atoms with Gasteiger partial charge >= 0.3 is 0 Å². The van der Waals surface area contributed by atoms with Crippen molar-refractivity contribution in [1.29, 1.82) is 0 Å². The molecule has 6 heteroatoms. The molecule has 1 aromatic carbocycles. The molecule has 142 valence electrons. The fraction of sp³-hybridized carbons (Fsp3) is 0.429. The van der Waals surface area contributed by atoms with Gasteiger partial charge in [0.2, 0.25) is 0 Å². The molecule has 2 aliphatic rings. The summed E-state index contributed by atoms with van der Waals surface area (Å²) in [7, 11) is 0. The summed E-state index contributed by atoms with van der Waals surface area (Å²) in [5.74, 6) is 1.74. The third-order valence-corrected chi connectivity index (χ3v) is 5.12. The number of amides is 1. The van der Waals surface area contributed by atoms with Crippen molar-refractivity contribution in [2.75, 3.05) is 32.8 Å². The van der Waals surface area contributed by atoms with Crippen molar-refractivity contribution < 1.29 is 14.3 Å². The Balaban J connectivity index is 1.34. The van der Waals surface area contributed by atoms with Crippen molar-refractivity contribution >= 4 is 5.91 Å². The van der Waals surface area contributed by atoms with Gasteiger partial charge in [-0.3, -0.25) is 14.7 Å². The maximum atomic E-state index is 12.5. The number of aromatic nitrogens is 1. The normalized spacial score (nSPS) is 20.6. The summed E-state index contributed by atoms with van der Waals surface area (Å²) in [5, 5.41) is 0. The lowest BCUT2D eigenvalue weighted by Crippen LogP contribution is -2.51. The fourth-order valence-corrected chi connectivity index (χ4v) is 3.61. The molecular weight excluding hydrogens is 342 g/mol. The number of piperazine rings is 1. The number of carbonyl (C=O) groups is 1. The zero-order valence-corrected chi connectivity index (χ0v) is 15.4. The summed E-state index contributed by atoms with van der Waals surface area (Å²) in [6.07, 6.45) is 5.08. The molecule has 3 heterocycles. The van der Waals surface area contributed by atoms with Crippen molar-refractivity contribution in [2.45, 2.75) is 25.5 Å². The molecule has 1 atom stereocenters. The van der Waals surface area contributed by atoms with Crippen LogP contribution in [0.5, 0.6) is 11.5 Å². The van der Waals surface area contributed by atoms with E-state index in [0.717, 1.165) is 62.6 Å². The summed E-state index contributed by atoms with van der Waals surface area (Å²) in [6.45, 7) is 4.75. The molecule has 4 rings (SSSR count). The van der Waals surface area contributed by atoms with Crippen molar-refractivity contribution in [2.24, 2.45) is 0 Å². The maximum absolute atomic E-state index is 12.5. The Labute approximate surface area is 159 Å². The van der Waals surface area contributed by atoms with Crippen LogP contribution in [0, 0.1) is 0 Å². The first-order valence-electron chi connectivity index (χ1n) is 9.58. The number of carbonyl (C=O) groups excluding carboxylic acids is 1. The van der Waals surface area contributed by atoms with E-state index >= 15 is 0 Å². The predicted molar refractivity (Wildman–Crippen MR) is 102 cm³/mol. The Morgan fingerprint density at radius 3 is 2.74 bits per heavy atom. The summed E-state index contributed by atoms with van der Waals surface area (Å²) in [6, 6.07) is 11.9. The van der Waals surface area contributed by atoms with Crippen molar-refractivity contribution in [3.63, 3.8) is 0 Å². The number of ether oxygens (including phenoxy) is 2. The van der Waals surface area contributed by atoms with E-state index in [9.17, 15) is 4.79 Å². The Morgan fingerprint density at radius 2 is 2.00 bits per heavy atom. The lowest BCUT2D eigenvalue weighted by molar-refractivity contribution is -0.142. The highest BCUT2D eigenvalue weighted by Crippen LogP contribution is 2.26. The molecule has 1 aromatic heterocycles. The van der Waals surface area contributed by atoms with E-state index in [0.29, 0.717) is 6.61 Å². The van der Waals surface area contributed by atoms with Gasteiger partial charge in [-0.25, -0.2) is 0 Å². The smallest absolute Gasteiger partial charge is 0.251 e. The van der Waals surface area contributed by atoms with Gasteiger partial charge in [-0.1, -0.05) is 18.2 Å². The van der Waals surface area contributed by atoms with Gasteiger partial charge in [-0.05, 0) is 31.0 Å². The van der Waals surface area contributed by atoms with Gasteiger partial charge < -0.3 is 14.4 Å². The van der Waals surface area contributed by atoms with Crippen molar-refractivity contribution in [3.8, 4) is 11.5 Å². The summed E-state index contributed by atoms with van der Waals surface area (Å²) >= 11 is 0. The van der Waals surface area contributed by atoms with Gasteiger partial charge in [0.15, 0.2) is 0 Å². The van der Waals surface area contributed by atoms with Crippen LogP contribution in [0.1, 0.15) is 18.4 Å². The quantitative estimate of drug-likeness (QED) is 0.813. The van der Waals surface area contributed by atoms with Crippen molar-refractivity contribution in [1.82, 2.24) is 14.8 Å². The van der Waals surface area contributed by atoms with Gasteiger partial charge in [0.25, 0.3) is 5.91 Å². The zero-order chi connectivity index (χ0) is 18.5. The highest BCUT2D eigenvalue weighted by atomic mass is 16.5. The number of benzene rings is 1. The molecule has 6 nitrogen and oxygen atoms in total. The van der Waals surface area contributed by atoms with Crippen molar-refractivity contribution in [3.05, 3.63) is 54.4 Å². The molecule has 0 unspecified atom stereocenters. The molecule has 2 aromatic rings. The topological polar surface area (TPSA) is 54.9 Å². The van der Waals surface area contributed by atoms with Crippen LogP contribution in [0.3, 0.4) is 0 Å². The first-order valence-corrected chi connectivity index (χ1v) is 9.58. The van der Waals surface area contributed by atoms with Gasteiger partial charge in [0.05, 0.1) is 6.20 Å². The average molecular weight is 367 g/mol. The van der Waals surface area contributed by atoms with Crippen LogP contribution < -0.4 is 4.74 Å². The number of nitrogens with zero attached hydrogens (tertiary/aromatic N) is 3. The van der Waals surface area contributed by atoms with Gasteiger partial charge in [0, 0.05) is 51.1 Å². The first-order chi connectivity index (χ1) is 13.3. The number of hydrogen-bond acceptors (Lipinski definition) is 5. The number of hydrogen-bond donors (Lipinski definition) is 0. The summed E-state index contributed by atoms with van der Waals surface area (Å²) < 4.78 is 11.5. The van der Waals surface area contributed by atoms with Crippen LogP contribution in [-0.2, 0) is 16.1 Å². The standard InChI is InChI=1S/C21H25N3O3/c25-21(20-8-4-14-26-20)24-12-10-23(11-13-24)16-17-5-1-2-7-19(17)27-18-6-3-9-22-15-18/h1-3,5-7,9,15,20H,4,8,10-14,16H2/t20-/m0/s1. The average Bonchev–Trinajstić information content (AvgIpc) is 3.25. The Kier molecular flexibility index (Phi) is 5.65. The number of rotatable bonds is 5. The van der Waals surface area contributed by atoms with E-state index in [1.54, 1.807) is 12.4 Å². The lowest BCUT2D eigenvalue weighted by atomic mass is 10.1. The minimum absolute atomic E-state index is 0.160. The van der Waals surface area contributed by atoms with Crippen LogP contribution in [0.4, 0.5) is 0 Å². The third kappa shape index (κ3) is 4.46. The maximum Gasteiger partial charge on any atom is 0.251 e. The summed E-state index contributed by atoms with van der Waals surface area (Å²) in [5.41, 5.74) is 1.14. The predicted octanol–water partition coefficient (Wildman–Crippen LogP) is 2.70. The molecule has 2 fully saturated rings. The largest absolute Gasteiger partial charge is 0.455 e. The van der Waals surface area contributed by atoms with E-state index in [2.05, 4.69) is 16.0 Å². The molecular formula is C21H25N3O3. The molecule has 0 radical (unpaired) electrons. The number of pyridine rings is 1. The molecule has 0 N–H and O–H groups in total. The summed E-state index contributed by atoms with van der Waals surface area (Å²) in [4.78, 5) is 20.9. The van der Waals surface area contributed by atoms with E-state index < -0.39 is 0 Å². The van der Waals surface area contributed by atoms with Crippen LogP contribution in [0.25, 0.3) is 0 Å². The van der Waals surface area contributed by atoms with E-state index in [1.165, 1.54) is 0 Å². The first kappa shape index (κ1) is 17.9. The number of para-hydroxylation sites is 1. The fourth-order valence-electron chi connectivity index (χ4n) is 3.61. The minimum Gasteiger partial charge on any atom is -0.455 e. The molecule has 0 bridgehead atoms. The second-order valence-corrected chi connectivity index (χ2v) is 7.00. The highest BCUT2D eigenvalue weighted by Gasteiger charge is 2.30. The molecule has 0 aliphatic carbocycles. The van der Waals surface area contributed by atoms with E-state index in [1.807, 2.05) is 35.2 Å². The second-order valence-electron chi connectivity index (χ2n) is 7.00. The molecule has 2 aliphatic heterocycles. The molecule has 2 saturated heterocycles. The van der Waals surface area contributed by atoms with Gasteiger partial charge in [-0.15, -0.1) is 0 Å². The Bertz CT molecular complexity index is 754. The molecule has 0 spiro atoms. The van der Waals surface area contributed by atoms with Gasteiger partial charge in [-0.2, -0.15) is 0 Å². The van der Waals surface area contributed by atoms with E-state index in [4.69, 9.17) is 9.47 Å². The third-order valence-electron chi connectivity index (χ3n) is 5.12. The molecule has 27 heavy (non-hydrogen) atoms. The minimum atomic E-state index is -0.217.